The lowest BCUT2D eigenvalue weighted by molar-refractivity contribution is 0.0917. The number of carbonyl (C=O) groups is 1. The number of halogens is 1. The molecule has 0 atom stereocenters. The van der Waals surface area contributed by atoms with E-state index in [-0.39, 0.29) is 12.4 Å². The topological polar surface area (TPSA) is 48.4 Å². The van der Waals surface area contributed by atoms with Crippen molar-refractivity contribution < 1.29 is 14.3 Å². The summed E-state index contributed by atoms with van der Waals surface area (Å²) in [6, 6.07) is 8.70. The van der Waals surface area contributed by atoms with Crippen LogP contribution in [0.1, 0.15) is 17.3 Å². The van der Waals surface area contributed by atoms with E-state index in [1.807, 2.05) is 13.0 Å². The molecule has 0 fully saturated rings. The summed E-state index contributed by atoms with van der Waals surface area (Å²) in [5, 5.41) is 0.463. The zero-order valence-electron chi connectivity index (χ0n) is 11.0. The molecule has 104 valence electrons. The molecule has 2 aromatic rings. The maximum absolute atomic E-state index is 12.1. The molecule has 1 aromatic carbocycles. The second kappa shape index (κ2) is 6.91. The number of aromatic nitrogens is 1. The third-order valence-electron chi connectivity index (χ3n) is 2.54. The molecule has 20 heavy (non-hydrogen) atoms. The number of pyridine rings is 1. The molecule has 0 saturated heterocycles. The fraction of sp³-hybridized carbons (Fsp3) is 0.200. The van der Waals surface area contributed by atoms with Crippen molar-refractivity contribution in [1.29, 1.82) is 0 Å². The molecule has 0 amide bonds. The molecular formula is C15H14ClNO3. The monoisotopic (exact) mass is 291 g/mol. The van der Waals surface area contributed by atoms with Gasteiger partial charge in [-0.2, -0.15) is 0 Å². The van der Waals surface area contributed by atoms with Crippen LogP contribution in [0.15, 0.2) is 42.7 Å². The molecule has 0 aliphatic carbocycles. The van der Waals surface area contributed by atoms with Crippen molar-refractivity contribution in [2.75, 3.05) is 13.2 Å². The van der Waals surface area contributed by atoms with Gasteiger partial charge in [-0.25, -0.2) is 0 Å². The molecule has 0 N–H and O–H groups in total. The van der Waals surface area contributed by atoms with Gasteiger partial charge in [-0.05, 0) is 19.1 Å². The molecular weight excluding hydrogens is 278 g/mol. The van der Waals surface area contributed by atoms with Gasteiger partial charge in [0.05, 0.1) is 23.4 Å². The van der Waals surface area contributed by atoms with Gasteiger partial charge in [-0.1, -0.05) is 23.7 Å². The molecule has 2 rings (SSSR count). The number of ether oxygens (including phenoxy) is 2. The van der Waals surface area contributed by atoms with Crippen LogP contribution in [0, 0.1) is 0 Å². The predicted octanol–water partition coefficient (Wildman–Crippen LogP) is 3.40. The van der Waals surface area contributed by atoms with E-state index in [1.54, 1.807) is 24.3 Å². The van der Waals surface area contributed by atoms with Gasteiger partial charge in [-0.3, -0.25) is 9.78 Å². The Kier molecular flexibility index (Phi) is 4.96. The summed E-state index contributed by atoms with van der Waals surface area (Å²) in [5.41, 5.74) is 0.504. The van der Waals surface area contributed by atoms with Gasteiger partial charge in [0.1, 0.15) is 11.5 Å². The number of benzene rings is 1. The summed E-state index contributed by atoms with van der Waals surface area (Å²) in [6.45, 7) is 2.28. The van der Waals surface area contributed by atoms with E-state index in [2.05, 4.69) is 4.98 Å². The fourth-order valence-electron chi connectivity index (χ4n) is 1.68. The first-order valence-electron chi connectivity index (χ1n) is 6.19. The Morgan fingerprint density at radius 2 is 2.05 bits per heavy atom. The van der Waals surface area contributed by atoms with Crippen molar-refractivity contribution in [2.24, 2.45) is 0 Å². The zero-order valence-corrected chi connectivity index (χ0v) is 11.8. The van der Waals surface area contributed by atoms with E-state index in [9.17, 15) is 4.79 Å². The Labute approximate surface area is 122 Å². The van der Waals surface area contributed by atoms with E-state index in [1.165, 1.54) is 12.4 Å². The Morgan fingerprint density at radius 3 is 2.80 bits per heavy atom. The van der Waals surface area contributed by atoms with E-state index in [0.29, 0.717) is 28.7 Å². The van der Waals surface area contributed by atoms with Crippen LogP contribution in [0.3, 0.4) is 0 Å². The summed E-state index contributed by atoms with van der Waals surface area (Å²) in [5.74, 6) is 0.863. The minimum Gasteiger partial charge on any atom is -0.493 e. The highest BCUT2D eigenvalue weighted by Crippen LogP contribution is 2.20. The Bertz CT molecular complexity index is 601. The Balaban J connectivity index is 2.05. The highest BCUT2D eigenvalue weighted by molar-refractivity contribution is 6.30. The molecule has 0 spiro atoms. The van der Waals surface area contributed by atoms with Gasteiger partial charge >= 0.3 is 0 Å². The molecule has 0 saturated carbocycles. The van der Waals surface area contributed by atoms with Crippen LogP contribution in [-0.4, -0.2) is 24.0 Å². The third-order valence-corrected chi connectivity index (χ3v) is 2.74. The number of Topliss-reactive ketones (excluding diaryl/α,β-unsaturated/α-hetero) is 1. The second-order valence-corrected chi connectivity index (χ2v) is 4.42. The summed E-state index contributed by atoms with van der Waals surface area (Å²) in [7, 11) is 0. The molecule has 4 nitrogen and oxygen atoms in total. The molecule has 5 heteroatoms. The average molecular weight is 292 g/mol. The van der Waals surface area contributed by atoms with Crippen molar-refractivity contribution >= 4 is 17.4 Å². The van der Waals surface area contributed by atoms with Gasteiger partial charge in [0.2, 0.25) is 5.78 Å². The van der Waals surface area contributed by atoms with E-state index in [0.717, 1.165) is 0 Å². The summed E-state index contributed by atoms with van der Waals surface area (Å²) in [6.07, 6.45) is 3.01. The van der Waals surface area contributed by atoms with Crippen molar-refractivity contribution in [3.05, 3.63) is 53.3 Å². The average Bonchev–Trinajstić information content (AvgIpc) is 2.46. The lowest BCUT2D eigenvalue weighted by Crippen LogP contribution is -2.13. The van der Waals surface area contributed by atoms with Gasteiger partial charge in [0, 0.05) is 12.3 Å². The minimum atomic E-state index is -0.158. The van der Waals surface area contributed by atoms with Crippen LogP contribution in [0.2, 0.25) is 5.02 Å². The van der Waals surface area contributed by atoms with Gasteiger partial charge in [0.25, 0.3) is 0 Å². The quantitative estimate of drug-likeness (QED) is 0.765. The minimum absolute atomic E-state index is 0.0912. The maximum atomic E-state index is 12.1. The first kappa shape index (κ1) is 14.3. The first-order valence-corrected chi connectivity index (χ1v) is 6.57. The number of hydrogen-bond acceptors (Lipinski definition) is 4. The fourth-order valence-corrected chi connectivity index (χ4v) is 1.84. The third kappa shape index (κ3) is 3.71. The number of ketones is 1. The molecule has 0 aliphatic rings. The van der Waals surface area contributed by atoms with E-state index >= 15 is 0 Å². The highest BCUT2D eigenvalue weighted by Gasteiger charge is 2.12. The van der Waals surface area contributed by atoms with E-state index < -0.39 is 0 Å². The van der Waals surface area contributed by atoms with Crippen LogP contribution in [0.5, 0.6) is 11.5 Å². The van der Waals surface area contributed by atoms with Crippen LogP contribution in [0.25, 0.3) is 0 Å². The molecule has 1 heterocycles. The lowest BCUT2D eigenvalue weighted by Gasteiger charge is -2.10. The number of rotatable bonds is 6. The van der Waals surface area contributed by atoms with Crippen molar-refractivity contribution in [3.8, 4) is 11.5 Å². The van der Waals surface area contributed by atoms with Crippen molar-refractivity contribution in [2.45, 2.75) is 6.92 Å². The summed E-state index contributed by atoms with van der Waals surface area (Å²) >= 11 is 5.80. The molecule has 0 unspecified atom stereocenters. The summed E-state index contributed by atoms with van der Waals surface area (Å²) in [4.78, 5) is 16.0. The van der Waals surface area contributed by atoms with Gasteiger partial charge in [-0.15, -0.1) is 0 Å². The first-order chi connectivity index (χ1) is 9.70. The van der Waals surface area contributed by atoms with Crippen LogP contribution in [0.4, 0.5) is 0 Å². The number of carbonyl (C=O) groups excluding carboxylic acids is 1. The van der Waals surface area contributed by atoms with Crippen LogP contribution >= 0.6 is 11.6 Å². The SMILES string of the molecule is CCOc1ccccc1C(=O)COc1cncc(Cl)c1. The Morgan fingerprint density at radius 1 is 1.25 bits per heavy atom. The normalized spacial score (nSPS) is 10.1. The molecule has 0 radical (unpaired) electrons. The molecule has 1 aromatic heterocycles. The number of para-hydroxylation sites is 1. The molecule has 0 aliphatic heterocycles. The number of hydrogen-bond donors (Lipinski definition) is 0. The number of nitrogens with zero attached hydrogens (tertiary/aromatic N) is 1. The van der Waals surface area contributed by atoms with Gasteiger partial charge < -0.3 is 9.47 Å². The zero-order chi connectivity index (χ0) is 14.4. The van der Waals surface area contributed by atoms with E-state index in [4.69, 9.17) is 21.1 Å². The standard InChI is InChI=1S/C15H14ClNO3/c1-2-19-15-6-4-3-5-13(15)14(18)10-20-12-7-11(16)8-17-9-12/h3-9H,2,10H2,1H3. The van der Waals surface area contributed by atoms with Crippen LogP contribution in [-0.2, 0) is 0 Å². The van der Waals surface area contributed by atoms with Crippen molar-refractivity contribution in [1.82, 2.24) is 4.98 Å². The highest BCUT2D eigenvalue weighted by atomic mass is 35.5. The maximum Gasteiger partial charge on any atom is 0.203 e. The summed E-state index contributed by atoms with van der Waals surface area (Å²) < 4.78 is 10.8. The molecule has 0 bridgehead atoms. The lowest BCUT2D eigenvalue weighted by atomic mass is 10.1. The largest absolute Gasteiger partial charge is 0.493 e. The smallest absolute Gasteiger partial charge is 0.203 e. The Hall–Kier alpha value is -2.07. The van der Waals surface area contributed by atoms with Gasteiger partial charge in [0.15, 0.2) is 6.61 Å². The van der Waals surface area contributed by atoms with Crippen LogP contribution < -0.4 is 9.47 Å². The van der Waals surface area contributed by atoms with Crippen molar-refractivity contribution in [3.63, 3.8) is 0 Å². The second-order valence-electron chi connectivity index (χ2n) is 3.98. The predicted molar refractivity (Wildman–Crippen MR) is 76.7 cm³/mol.